The van der Waals surface area contributed by atoms with E-state index in [-0.39, 0.29) is 24.8 Å². The molecule has 2 aromatic rings. The van der Waals surface area contributed by atoms with Crippen LogP contribution in [0.1, 0.15) is 31.7 Å². The molecule has 0 aromatic heterocycles. The summed E-state index contributed by atoms with van der Waals surface area (Å²) in [6.07, 6.45) is -0.791. The summed E-state index contributed by atoms with van der Waals surface area (Å²) in [5.41, 5.74) is -0.541. The van der Waals surface area contributed by atoms with Crippen molar-refractivity contribution in [1.29, 1.82) is 0 Å². The van der Waals surface area contributed by atoms with E-state index >= 15 is 13.2 Å². The van der Waals surface area contributed by atoms with Crippen LogP contribution in [-0.2, 0) is 16.4 Å². The second kappa shape index (κ2) is 9.23. The minimum absolute atomic E-state index is 0.113. The van der Waals surface area contributed by atoms with Crippen LogP contribution in [0, 0.1) is 5.82 Å². The molecule has 4 rings (SSSR count). The van der Waals surface area contributed by atoms with Gasteiger partial charge < -0.3 is 10.2 Å². The van der Waals surface area contributed by atoms with E-state index in [9.17, 15) is 18.6 Å². The molecule has 1 saturated carbocycles. The Labute approximate surface area is 197 Å². The number of hydrogen-bond donors (Lipinski definition) is 3. The van der Waals surface area contributed by atoms with Crippen molar-refractivity contribution in [3.05, 3.63) is 59.9 Å². The predicted molar refractivity (Wildman–Crippen MR) is 122 cm³/mol. The van der Waals surface area contributed by atoms with Gasteiger partial charge in [0.05, 0.1) is 12.3 Å². The van der Waals surface area contributed by atoms with Crippen molar-refractivity contribution in [3.63, 3.8) is 0 Å². The Morgan fingerprint density at radius 2 is 1.82 bits per heavy atom. The van der Waals surface area contributed by atoms with Gasteiger partial charge in [0, 0.05) is 11.6 Å². The van der Waals surface area contributed by atoms with E-state index in [1.165, 1.54) is 13.0 Å². The summed E-state index contributed by atoms with van der Waals surface area (Å²) in [5, 5.41) is 21.5. The Balaban J connectivity index is 1.73. The number of sulfonamides is 1. The van der Waals surface area contributed by atoms with Gasteiger partial charge in [0.1, 0.15) is 23.7 Å². The topological polar surface area (TPSA) is 89.9 Å². The number of benzene rings is 2. The van der Waals surface area contributed by atoms with Crippen LogP contribution in [0.25, 0.3) is 11.1 Å². The van der Waals surface area contributed by atoms with Gasteiger partial charge in [-0.1, -0.05) is 48.5 Å². The second-order valence-electron chi connectivity index (χ2n) is 9.18. The number of alkyl halides is 2. The fourth-order valence-corrected chi connectivity index (χ4v) is 5.67. The highest BCUT2D eigenvalue weighted by molar-refractivity contribution is 7.89. The molecule has 10 heteroatoms. The van der Waals surface area contributed by atoms with Crippen molar-refractivity contribution < 1.29 is 31.8 Å². The lowest BCUT2D eigenvalue weighted by Gasteiger charge is -2.45. The standard InChI is InChI=1S/C24H29F3N2O4S/c1-2-34(32,33)28-21-19(29(15-24(21,26)27)22(30)23(31)12-7-13-23)14-17-10-6-11-18(20(17)25)16-8-4-3-5-9-16/h3-6,8-11,19,21-22,28,30-31H,2,7,12-15H2,1H3/t19-,21+,22?/m0/s1. The zero-order valence-electron chi connectivity index (χ0n) is 18.8. The molecule has 0 radical (unpaired) electrons. The molecule has 0 bridgehead atoms. The summed E-state index contributed by atoms with van der Waals surface area (Å²) >= 11 is 0. The summed E-state index contributed by atoms with van der Waals surface area (Å²) in [6, 6.07) is 10.2. The third-order valence-corrected chi connectivity index (χ3v) is 8.33. The van der Waals surface area contributed by atoms with E-state index in [0.29, 0.717) is 17.5 Å². The maximum atomic E-state index is 15.5. The van der Waals surface area contributed by atoms with Crippen LogP contribution in [0.3, 0.4) is 0 Å². The lowest BCUT2D eigenvalue weighted by molar-refractivity contribution is -0.192. The first-order valence-electron chi connectivity index (χ1n) is 11.3. The van der Waals surface area contributed by atoms with Crippen molar-refractivity contribution in [2.24, 2.45) is 0 Å². The molecule has 3 N–H and O–H groups in total. The molecule has 0 amide bonds. The van der Waals surface area contributed by atoms with Gasteiger partial charge in [0.2, 0.25) is 10.0 Å². The Kier molecular flexibility index (Phi) is 6.82. The second-order valence-corrected chi connectivity index (χ2v) is 11.2. The number of nitrogens with zero attached hydrogens (tertiary/aromatic N) is 1. The molecule has 1 saturated heterocycles. The average molecular weight is 499 g/mol. The Bertz CT molecular complexity index is 1130. The molecule has 1 heterocycles. The molecule has 34 heavy (non-hydrogen) atoms. The summed E-state index contributed by atoms with van der Waals surface area (Å²) in [7, 11) is -4.03. The van der Waals surface area contributed by atoms with Crippen molar-refractivity contribution in [1.82, 2.24) is 9.62 Å². The normalized spacial score (nSPS) is 25.1. The van der Waals surface area contributed by atoms with Crippen molar-refractivity contribution >= 4 is 10.0 Å². The summed E-state index contributed by atoms with van der Waals surface area (Å²) in [5.74, 6) is -4.55. The predicted octanol–water partition coefficient (Wildman–Crippen LogP) is 2.90. The Morgan fingerprint density at radius 1 is 1.15 bits per heavy atom. The minimum Gasteiger partial charge on any atom is -0.386 e. The number of nitrogens with one attached hydrogen (secondary N) is 1. The van der Waals surface area contributed by atoms with Crippen LogP contribution in [0.4, 0.5) is 13.2 Å². The van der Waals surface area contributed by atoms with Crippen LogP contribution in [0.15, 0.2) is 48.5 Å². The SMILES string of the molecule is CCS(=O)(=O)N[C@@H]1[C@H](Cc2cccc(-c3ccccc3)c2F)N(C(O)C2(O)CCC2)CC1(F)F. The van der Waals surface area contributed by atoms with Crippen molar-refractivity contribution in [2.75, 3.05) is 12.3 Å². The van der Waals surface area contributed by atoms with E-state index in [1.54, 1.807) is 42.5 Å². The van der Waals surface area contributed by atoms with E-state index in [4.69, 9.17) is 0 Å². The molecule has 6 nitrogen and oxygen atoms in total. The van der Waals surface area contributed by atoms with Gasteiger partial charge in [-0.25, -0.2) is 26.3 Å². The monoisotopic (exact) mass is 498 g/mol. The highest BCUT2D eigenvalue weighted by Crippen LogP contribution is 2.43. The molecule has 3 atom stereocenters. The fourth-order valence-electron chi connectivity index (χ4n) is 4.79. The maximum absolute atomic E-state index is 15.5. The maximum Gasteiger partial charge on any atom is 0.278 e. The summed E-state index contributed by atoms with van der Waals surface area (Å²) < 4.78 is 72.3. The molecular weight excluding hydrogens is 469 g/mol. The molecule has 1 aliphatic heterocycles. The van der Waals surface area contributed by atoms with E-state index in [1.807, 2.05) is 0 Å². The van der Waals surface area contributed by atoms with Gasteiger partial charge in [-0.2, -0.15) is 0 Å². The van der Waals surface area contributed by atoms with Crippen molar-refractivity contribution in [3.8, 4) is 11.1 Å². The number of hydrogen-bond acceptors (Lipinski definition) is 5. The summed E-state index contributed by atoms with van der Waals surface area (Å²) in [4.78, 5) is 1.02. The molecule has 2 fully saturated rings. The number of aliphatic hydroxyl groups is 2. The molecule has 2 aliphatic rings. The Hall–Kier alpha value is -1.98. The molecule has 1 aliphatic carbocycles. The average Bonchev–Trinajstić information content (AvgIpc) is 3.03. The highest BCUT2D eigenvalue weighted by Gasteiger charge is 2.60. The molecule has 0 spiro atoms. The molecule has 186 valence electrons. The lowest BCUT2D eigenvalue weighted by Crippen LogP contribution is -2.60. The van der Waals surface area contributed by atoms with E-state index in [2.05, 4.69) is 4.72 Å². The van der Waals surface area contributed by atoms with Gasteiger partial charge in [0.25, 0.3) is 5.92 Å². The molecule has 2 aromatic carbocycles. The van der Waals surface area contributed by atoms with Gasteiger partial charge in [-0.05, 0) is 43.7 Å². The lowest BCUT2D eigenvalue weighted by atomic mass is 9.78. The summed E-state index contributed by atoms with van der Waals surface area (Å²) in [6.45, 7) is 0.370. The third kappa shape index (κ3) is 4.74. The quantitative estimate of drug-likeness (QED) is 0.521. The fraction of sp³-hybridized carbons (Fsp3) is 0.500. The van der Waals surface area contributed by atoms with Gasteiger partial charge >= 0.3 is 0 Å². The smallest absolute Gasteiger partial charge is 0.278 e. The number of aliphatic hydroxyl groups excluding tert-OH is 1. The van der Waals surface area contributed by atoms with Crippen LogP contribution < -0.4 is 4.72 Å². The molecule has 1 unspecified atom stereocenters. The van der Waals surface area contributed by atoms with Crippen molar-refractivity contribution in [2.45, 2.75) is 62.4 Å². The zero-order valence-corrected chi connectivity index (χ0v) is 19.6. The minimum atomic E-state index is -4.03. The van der Waals surface area contributed by atoms with E-state index in [0.717, 1.165) is 4.90 Å². The number of halogens is 3. The van der Waals surface area contributed by atoms with Crippen LogP contribution >= 0.6 is 0 Å². The largest absolute Gasteiger partial charge is 0.386 e. The highest BCUT2D eigenvalue weighted by atomic mass is 32.2. The van der Waals surface area contributed by atoms with Gasteiger partial charge in [-0.3, -0.25) is 4.90 Å². The number of likely N-dealkylation sites (tertiary alicyclic amines) is 1. The van der Waals surface area contributed by atoms with Crippen LogP contribution in [0.2, 0.25) is 0 Å². The first-order valence-corrected chi connectivity index (χ1v) is 13.0. The third-order valence-electron chi connectivity index (χ3n) is 6.95. The van der Waals surface area contributed by atoms with E-state index < -0.39 is 58.0 Å². The molecular formula is C24H29F3N2O4S. The Morgan fingerprint density at radius 3 is 2.41 bits per heavy atom. The van der Waals surface area contributed by atoms with Crippen LogP contribution in [-0.4, -0.2) is 65.7 Å². The first kappa shape index (κ1) is 25.1. The van der Waals surface area contributed by atoms with Crippen LogP contribution in [0.5, 0.6) is 0 Å². The van der Waals surface area contributed by atoms with Gasteiger partial charge in [0.15, 0.2) is 0 Å². The van der Waals surface area contributed by atoms with Gasteiger partial charge in [-0.15, -0.1) is 0 Å². The first-order chi connectivity index (χ1) is 16.0. The number of rotatable bonds is 8. The zero-order chi connectivity index (χ0) is 24.7.